The van der Waals surface area contributed by atoms with Crippen LogP contribution in [0, 0.1) is 0 Å². The lowest BCUT2D eigenvalue weighted by atomic mass is 10.0. The lowest BCUT2D eigenvalue weighted by Crippen LogP contribution is -2.45. The summed E-state index contributed by atoms with van der Waals surface area (Å²) in [5, 5.41) is 13.9. The highest BCUT2D eigenvalue weighted by Gasteiger charge is 2.23. The number of nitrogens with one attached hydrogen (secondary N) is 1. The Balaban J connectivity index is 4.16. The second kappa shape index (κ2) is 61.2. The highest BCUT2D eigenvalue weighted by molar-refractivity contribution is 7.45. The second-order valence-corrected chi connectivity index (χ2v) is 25.5. The van der Waals surface area contributed by atoms with E-state index in [1.54, 1.807) is 6.08 Å². The van der Waals surface area contributed by atoms with Crippen molar-refractivity contribution in [2.45, 2.75) is 321 Å². The van der Waals surface area contributed by atoms with Crippen LogP contribution in [-0.4, -0.2) is 68.5 Å². The zero-order chi connectivity index (χ0) is 58.4. The van der Waals surface area contributed by atoms with Crippen molar-refractivity contribution in [2.24, 2.45) is 0 Å². The molecule has 0 spiro atoms. The topological polar surface area (TPSA) is 108 Å². The molecule has 0 aliphatic rings. The molecule has 1 amide bonds. The van der Waals surface area contributed by atoms with Gasteiger partial charge in [-0.15, -0.1) is 0 Å². The minimum Gasteiger partial charge on any atom is -0.756 e. The maximum Gasteiger partial charge on any atom is 0.268 e. The largest absolute Gasteiger partial charge is 0.756 e. The number of quaternary nitrogens is 1. The Bertz CT molecular complexity index is 1580. The number of aliphatic hydroxyl groups is 1. The number of unbranched alkanes of at least 4 members (excludes halogenated alkanes) is 37. The van der Waals surface area contributed by atoms with Crippen molar-refractivity contribution >= 4 is 13.7 Å². The number of carbonyl (C=O) groups excluding carboxylic acids is 1. The van der Waals surface area contributed by atoms with E-state index in [2.05, 4.69) is 92.1 Å². The van der Waals surface area contributed by atoms with E-state index in [-0.39, 0.29) is 12.5 Å². The fourth-order valence-electron chi connectivity index (χ4n) is 9.83. The Hall–Kier alpha value is -2.32. The van der Waals surface area contributed by atoms with Crippen molar-refractivity contribution in [1.29, 1.82) is 0 Å². The molecule has 0 heterocycles. The van der Waals surface area contributed by atoms with E-state index in [0.29, 0.717) is 17.4 Å². The van der Waals surface area contributed by atoms with Gasteiger partial charge in [-0.1, -0.05) is 304 Å². The maximum atomic E-state index is 13.0. The van der Waals surface area contributed by atoms with E-state index in [1.165, 1.54) is 218 Å². The first-order chi connectivity index (χ1) is 39.0. The van der Waals surface area contributed by atoms with Gasteiger partial charge in [-0.2, -0.15) is 0 Å². The third-order valence-corrected chi connectivity index (χ3v) is 16.0. The second-order valence-electron chi connectivity index (χ2n) is 24.1. The Kier molecular flexibility index (Phi) is 59.5. The Labute approximate surface area is 497 Å². The maximum absolute atomic E-state index is 13.0. The van der Waals surface area contributed by atoms with Gasteiger partial charge in [-0.05, 0) is 83.5 Å². The molecule has 9 heteroatoms. The molecule has 0 rings (SSSR count). The van der Waals surface area contributed by atoms with E-state index >= 15 is 0 Å². The first kappa shape index (κ1) is 77.7. The van der Waals surface area contributed by atoms with E-state index in [1.807, 2.05) is 27.2 Å². The van der Waals surface area contributed by atoms with Crippen molar-refractivity contribution in [3.63, 3.8) is 0 Å². The highest BCUT2D eigenvalue weighted by Crippen LogP contribution is 2.38. The van der Waals surface area contributed by atoms with Gasteiger partial charge in [0.05, 0.1) is 39.9 Å². The number of aliphatic hydroxyl groups excluding tert-OH is 1. The van der Waals surface area contributed by atoms with Crippen LogP contribution < -0.4 is 10.2 Å². The summed E-state index contributed by atoms with van der Waals surface area (Å²) in [6.45, 7) is 4.54. The van der Waals surface area contributed by atoms with E-state index in [9.17, 15) is 19.4 Å². The molecule has 8 nitrogen and oxygen atoms in total. The molecule has 3 unspecified atom stereocenters. The minimum absolute atomic E-state index is 0.0117. The van der Waals surface area contributed by atoms with Gasteiger partial charge in [0.2, 0.25) is 5.91 Å². The predicted molar refractivity (Wildman–Crippen MR) is 348 cm³/mol. The normalized spacial score (nSPS) is 14.2. The van der Waals surface area contributed by atoms with Crippen LogP contribution in [0.25, 0.3) is 0 Å². The summed E-state index contributed by atoms with van der Waals surface area (Å²) in [7, 11) is 1.23. The third-order valence-electron chi connectivity index (χ3n) is 15.1. The molecule has 0 aliphatic carbocycles. The molecule has 0 aromatic rings. The van der Waals surface area contributed by atoms with Crippen LogP contribution in [0.5, 0.6) is 0 Å². The van der Waals surface area contributed by atoms with Crippen molar-refractivity contribution < 1.29 is 32.9 Å². The Morgan fingerprint density at radius 1 is 0.450 bits per heavy atom. The molecular weight excluding hydrogens is 1010 g/mol. The van der Waals surface area contributed by atoms with Crippen LogP contribution in [0.3, 0.4) is 0 Å². The first-order valence-electron chi connectivity index (χ1n) is 33.9. The monoisotopic (exact) mass is 1140 g/mol. The molecule has 0 aliphatic heterocycles. The van der Waals surface area contributed by atoms with Gasteiger partial charge in [0, 0.05) is 6.42 Å². The number of phosphoric acid groups is 1. The average molecular weight is 1140 g/mol. The zero-order valence-electron chi connectivity index (χ0n) is 53.3. The van der Waals surface area contributed by atoms with Gasteiger partial charge in [0.25, 0.3) is 7.82 Å². The molecule has 466 valence electrons. The summed E-state index contributed by atoms with van der Waals surface area (Å²) in [6, 6.07) is -0.916. The third kappa shape index (κ3) is 63.3. The summed E-state index contributed by atoms with van der Waals surface area (Å²) >= 11 is 0. The quantitative estimate of drug-likeness (QED) is 0.0272. The molecule has 0 aromatic carbocycles. The number of rotatable bonds is 62. The molecule has 0 radical (unpaired) electrons. The minimum atomic E-state index is -4.62. The van der Waals surface area contributed by atoms with Gasteiger partial charge in [0.15, 0.2) is 0 Å². The number of amides is 1. The number of allylic oxidation sites excluding steroid dienone is 13. The lowest BCUT2D eigenvalue weighted by molar-refractivity contribution is -0.870. The molecular formula is C71H131N2O6P. The van der Waals surface area contributed by atoms with Gasteiger partial charge in [-0.25, -0.2) is 0 Å². The fraction of sp³-hybridized carbons (Fsp3) is 0.789. The molecule has 0 fully saturated rings. The molecule has 2 N–H and O–H groups in total. The summed E-state index contributed by atoms with van der Waals surface area (Å²) in [4.78, 5) is 25.6. The Morgan fingerprint density at radius 3 is 1.16 bits per heavy atom. The average Bonchev–Trinajstić information content (AvgIpc) is 3.42. The van der Waals surface area contributed by atoms with E-state index in [4.69, 9.17) is 9.05 Å². The highest BCUT2D eigenvalue weighted by atomic mass is 31.2. The van der Waals surface area contributed by atoms with Gasteiger partial charge in [0.1, 0.15) is 13.2 Å². The van der Waals surface area contributed by atoms with Crippen LogP contribution in [0.2, 0.25) is 0 Å². The Morgan fingerprint density at radius 2 is 0.775 bits per heavy atom. The molecule has 80 heavy (non-hydrogen) atoms. The SMILES string of the molecule is CC/C=C\C/C=C\C/C=C\C/C=C\CCCCCCCCCCCCCCCCC(=O)NC(COP(=O)([O-])OCC[N+](C)(C)C)C(O)/C=C/CC/C=C/CC/C=C/CCCCCCCCCCCCCCCCCCCCCCC. The molecule has 0 aromatic heterocycles. The number of nitrogens with zero attached hydrogens (tertiary/aromatic N) is 1. The van der Waals surface area contributed by atoms with Crippen molar-refractivity contribution in [2.75, 3.05) is 40.9 Å². The molecule has 0 saturated carbocycles. The van der Waals surface area contributed by atoms with E-state index in [0.717, 1.165) is 70.6 Å². The fourth-order valence-corrected chi connectivity index (χ4v) is 10.5. The van der Waals surface area contributed by atoms with Crippen molar-refractivity contribution in [1.82, 2.24) is 5.32 Å². The number of likely N-dealkylation sites (N-methyl/N-ethyl adjacent to an activating group) is 1. The van der Waals surface area contributed by atoms with Crippen LogP contribution in [0.15, 0.2) is 85.1 Å². The summed E-state index contributed by atoms with van der Waals surface area (Å²) < 4.78 is 23.4. The van der Waals surface area contributed by atoms with Crippen LogP contribution in [0.1, 0.15) is 309 Å². The number of hydrogen-bond acceptors (Lipinski definition) is 6. The van der Waals surface area contributed by atoms with Gasteiger partial charge in [-0.3, -0.25) is 9.36 Å². The van der Waals surface area contributed by atoms with Gasteiger partial charge < -0.3 is 28.8 Å². The summed E-state index contributed by atoms with van der Waals surface area (Å²) in [5.41, 5.74) is 0. The molecule has 0 bridgehead atoms. The van der Waals surface area contributed by atoms with E-state index < -0.39 is 26.6 Å². The lowest BCUT2D eigenvalue weighted by Gasteiger charge is -2.29. The first-order valence-corrected chi connectivity index (χ1v) is 35.4. The smallest absolute Gasteiger partial charge is 0.268 e. The van der Waals surface area contributed by atoms with Crippen molar-refractivity contribution in [3.05, 3.63) is 85.1 Å². The van der Waals surface area contributed by atoms with Crippen molar-refractivity contribution in [3.8, 4) is 0 Å². The zero-order valence-corrected chi connectivity index (χ0v) is 54.2. The number of phosphoric ester groups is 1. The number of hydrogen-bond donors (Lipinski definition) is 2. The van der Waals surface area contributed by atoms with Gasteiger partial charge >= 0.3 is 0 Å². The molecule has 3 atom stereocenters. The van der Waals surface area contributed by atoms with Crippen LogP contribution in [0.4, 0.5) is 0 Å². The standard InChI is InChI=1S/C71H131N2O6P/c1-6-8-10-12-14-16-18-20-22-24-26-28-30-32-34-35-36-37-39-40-42-44-46-48-50-52-54-56-58-60-62-64-70(74)69(68-79-80(76,77)78-67-66-73(3,4)5)72-71(75)65-63-61-59-57-55-53-51-49-47-45-43-41-38-33-31-29-27-25-23-21-19-17-15-13-11-9-7-2/h9,11,15,17,21,23,27,29,46,48,54,56,62,64,69-70,74H,6-8,10,12-14,16,18-20,22,24-26,28,30-45,47,49-53,55,57-61,63,65-68H2,1-5H3,(H-,72,75,76,77)/b11-9-,17-15-,23-21-,29-27-,48-46+,56-54+,64-62+. The molecule has 0 saturated heterocycles. The van der Waals surface area contributed by atoms with Crippen LogP contribution >= 0.6 is 7.82 Å². The van der Waals surface area contributed by atoms with Crippen LogP contribution in [-0.2, 0) is 18.4 Å². The summed E-state index contributed by atoms with van der Waals surface area (Å²) in [6.07, 6.45) is 87.1. The number of carbonyl (C=O) groups is 1. The predicted octanol–water partition coefficient (Wildman–Crippen LogP) is 20.9. The summed E-state index contributed by atoms with van der Waals surface area (Å²) in [5.74, 6) is -0.212.